The molecule has 0 saturated carbocycles. The van der Waals surface area contributed by atoms with E-state index < -0.39 is 22.6 Å². The Morgan fingerprint density at radius 3 is 2.61 bits per heavy atom. The Morgan fingerprint density at radius 1 is 1.11 bits per heavy atom. The van der Waals surface area contributed by atoms with Crippen LogP contribution in [0.25, 0.3) is 0 Å². The summed E-state index contributed by atoms with van der Waals surface area (Å²) >= 11 is 8.03. The fourth-order valence-electron chi connectivity index (χ4n) is 6.12. The van der Waals surface area contributed by atoms with Gasteiger partial charge in [-0.3, -0.25) is 14.4 Å². The fraction of sp³-hybridized carbons (Fsp3) is 0.444. The van der Waals surface area contributed by atoms with E-state index in [0.717, 1.165) is 12.0 Å². The number of hydrogen-bond donors (Lipinski definition) is 3. The van der Waals surface area contributed by atoms with E-state index in [-0.39, 0.29) is 29.6 Å². The summed E-state index contributed by atoms with van der Waals surface area (Å²) in [5.41, 5.74) is 2.07. The molecule has 190 valence electrons. The number of para-hydroxylation sites is 2. The summed E-state index contributed by atoms with van der Waals surface area (Å²) in [6.45, 7) is 2.25. The van der Waals surface area contributed by atoms with Crippen molar-refractivity contribution in [1.29, 1.82) is 0 Å². The number of amides is 3. The summed E-state index contributed by atoms with van der Waals surface area (Å²) in [5, 5.41) is 15.7. The molecule has 3 saturated heterocycles. The van der Waals surface area contributed by atoms with Crippen molar-refractivity contribution in [3.8, 4) is 0 Å². The summed E-state index contributed by atoms with van der Waals surface area (Å²) < 4.78 is -0.668. The average Bonchev–Trinajstić information content (AvgIpc) is 3.50. The maximum Gasteiger partial charge on any atom is 0.248 e. The Kier molecular flexibility index (Phi) is 7.03. The van der Waals surface area contributed by atoms with E-state index in [2.05, 4.69) is 10.6 Å². The third-order valence-corrected chi connectivity index (χ3v) is 9.94. The van der Waals surface area contributed by atoms with Crippen molar-refractivity contribution >= 4 is 52.5 Å². The lowest BCUT2D eigenvalue weighted by atomic mass is 9.70. The van der Waals surface area contributed by atoms with Crippen molar-refractivity contribution in [3.05, 3.63) is 59.1 Å². The number of rotatable bonds is 8. The molecule has 2 bridgehead atoms. The molecule has 0 radical (unpaired) electrons. The summed E-state index contributed by atoms with van der Waals surface area (Å²) in [5.74, 6) is -1.66. The van der Waals surface area contributed by atoms with Gasteiger partial charge in [0.2, 0.25) is 17.7 Å². The molecule has 3 fully saturated rings. The molecule has 5 rings (SSSR count). The number of halogens is 1. The predicted octanol–water partition coefficient (Wildman–Crippen LogP) is 4.09. The van der Waals surface area contributed by atoms with E-state index in [4.69, 9.17) is 11.6 Å². The third kappa shape index (κ3) is 4.19. The van der Waals surface area contributed by atoms with Crippen LogP contribution in [0, 0.1) is 18.8 Å². The molecule has 9 heteroatoms. The van der Waals surface area contributed by atoms with Crippen LogP contribution in [0.3, 0.4) is 0 Å². The topological polar surface area (TPSA) is 98.7 Å². The third-order valence-electron chi connectivity index (χ3n) is 7.67. The fourth-order valence-corrected chi connectivity index (χ4v) is 8.61. The highest BCUT2D eigenvalue weighted by Crippen LogP contribution is 2.66. The van der Waals surface area contributed by atoms with E-state index in [9.17, 15) is 19.5 Å². The van der Waals surface area contributed by atoms with Crippen molar-refractivity contribution in [3.63, 3.8) is 0 Å². The van der Waals surface area contributed by atoms with Crippen LogP contribution in [0.15, 0.2) is 48.5 Å². The molecular weight excluding hydrogens is 498 g/mol. The minimum Gasteiger partial charge on any atom is -0.396 e. The van der Waals surface area contributed by atoms with Gasteiger partial charge in [-0.2, -0.15) is 0 Å². The van der Waals surface area contributed by atoms with Crippen LogP contribution in [0.5, 0.6) is 0 Å². The summed E-state index contributed by atoms with van der Waals surface area (Å²) in [6.07, 6.45) is 2.59. The molecule has 7 nitrogen and oxygen atoms in total. The van der Waals surface area contributed by atoms with Gasteiger partial charge in [0.1, 0.15) is 6.04 Å². The molecule has 3 aliphatic heterocycles. The van der Waals surface area contributed by atoms with Crippen molar-refractivity contribution in [2.24, 2.45) is 11.8 Å². The molecule has 0 aromatic heterocycles. The summed E-state index contributed by atoms with van der Waals surface area (Å²) in [7, 11) is 0. The molecule has 2 aromatic rings. The highest BCUT2D eigenvalue weighted by Gasteiger charge is 2.73. The maximum absolute atomic E-state index is 13.9. The molecule has 0 aliphatic carbocycles. The van der Waals surface area contributed by atoms with Crippen molar-refractivity contribution < 1.29 is 19.5 Å². The van der Waals surface area contributed by atoms with Gasteiger partial charge < -0.3 is 20.6 Å². The minimum atomic E-state index is -0.714. The van der Waals surface area contributed by atoms with Crippen LogP contribution in [0.4, 0.5) is 11.4 Å². The Balaban J connectivity index is 1.47. The highest BCUT2D eigenvalue weighted by atomic mass is 35.5. The van der Waals surface area contributed by atoms with E-state index in [1.54, 1.807) is 22.7 Å². The van der Waals surface area contributed by atoms with Crippen LogP contribution in [0.2, 0.25) is 5.02 Å². The van der Waals surface area contributed by atoms with Crippen LogP contribution < -0.4 is 10.6 Å². The van der Waals surface area contributed by atoms with Crippen LogP contribution in [-0.2, 0) is 14.4 Å². The molecule has 3 N–H and O–H groups in total. The number of aryl methyl sites for hydroxylation is 1. The smallest absolute Gasteiger partial charge is 0.248 e. The lowest BCUT2D eigenvalue weighted by Gasteiger charge is -2.34. The van der Waals surface area contributed by atoms with Gasteiger partial charge in [-0.15, -0.1) is 11.8 Å². The van der Waals surface area contributed by atoms with Crippen molar-refractivity contribution in [2.45, 2.75) is 48.6 Å². The molecule has 1 spiro atoms. The van der Waals surface area contributed by atoms with Gasteiger partial charge in [-0.25, -0.2) is 0 Å². The number of aliphatic hydroxyl groups excluding tert-OH is 1. The Labute approximate surface area is 220 Å². The van der Waals surface area contributed by atoms with Gasteiger partial charge in [0.15, 0.2) is 0 Å². The number of likely N-dealkylation sites (tertiary alicyclic amines) is 1. The first-order valence-electron chi connectivity index (χ1n) is 12.4. The van der Waals surface area contributed by atoms with Gasteiger partial charge in [0, 0.05) is 24.1 Å². The van der Waals surface area contributed by atoms with Gasteiger partial charge in [-0.1, -0.05) is 41.9 Å². The number of hydrogen-bond acceptors (Lipinski definition) is 5. The lowest BCUT2D eigenvalue weighted by molar-refractivity contribution is -0.138. The van der Waals surface area contributed by atoms with E-state index in [1.165, 1.54) is 0 Å². The van der Waals surface area contributed by atoms with Crippen LogP contribution in [-0.4, -0.2) is 56.9 Å². The zero-order valence-electron chi connectivity index (χ0n) is 20.1. The standard InChI is InChI=1S/C27H30ClN3O4S/c1-16-8-7-11-18(28)22(16)30-25(34)23-27-13-12-19(36-27)20(24(33)29-17-9-3-2-4-10-17)21(27)26(35)31(23)14-5-6-15-32/h2-4,7-11,19-21,23,32H,5-6,12-15H2,1H3,(H,29,33)(H,30,34)/t19-,20+,21+,23?,27?/m1/s1. The number of aliphatic hydroxyl groups is 1. The molecule has 2 aromatic carbocycles. The van der Waals surface area contributed by atoms with Crippen LogP contribution >= 0.6 is 23.4 Å². The maximum atomic E-state index is 13.9. The van der Waals surface area contributed by atoms with Crippen molar-refractivity contribution in [2.75, 3.05) is 23.8 Å². The number of carbonyl (C=O) groups is 3. The minimum absolute atomic E-state index is 0.0143. The summed E-state index contributed by atoms with van der Waals surface area (Å²) in [6, 6.07) is 14.0. The van der Waals surface area contributed by atoms with Crippen LogP contribution in [0.1, 0.15) is 31.2 Å². The number of fused-ring (bicyclic) bond motifs is 1. The molecule has 2 unspecified atom stereocenters. The SMILES string of the molecule is Cc1cccc(Cl)c1NC(=O)C1N(CCCCO)C(=O)[C@@H]2[C@@H](C(=O)Nc3ccccc3)[C@H]3CCC12S3. The number of nitrogens with zero attached hydrogens (tertiary/aromatic N) is 1. The number of nitrogens with one attached hydrogen (secondary N) is 2. The van der Waals surface area contributed by atoms with Gasteiger partial charge in [0.25, 0.3) is 0 Å². The first-order valence-corrected chi connectivity index (χ1v) is 13.6. The molecular formula is C27H30ClN3O4S. The molecule has 36 heavy (non-hydrogen) atoms. The quantitative estimate of drug-likeness (QED) is 0.449. The predicted molar refractivity (Wildman–Crippen MR) is 142 cm³/mol. The first kappa shape index (κ1) is 25.1. The zero-order chi connectivity index (χ0) is 25.4. The van der Waals surface area contributed by atoms with Gasteiger partial charge in [0.05, 0.1) is 27.3 Å². The lowest BCUT2D eigenvalue weighted by Crippen LogP contribution is -2.51. The van der Waals surface area contributed by atoms with Gasteiger partial charge in [-0.05, 0) is 56.4 Å². The van der Waals surface area contributed by atoms with E-state index in [0.29, 0.717) is 42.2 Å². The van der Waals surface area contributed by atoms with E-state index >= 15 is 0 Å². The summed E-state index contributed by atoms with van der Waals surface area (Å²) in [4.78, 5) is 42.9. The molecule has 3 amide bonds. The Morgan fingerprint density at radius 2 is 1.89 bits per heavy atom. The largest absolute Gasteiger partial charge is 0.396 e. The number of carbonyl (C=O) groups excluding carboxylic acids is 3. The first-order chi connectivity index (χ1) is 17.4. The number of thioether (sulfide) groups is 1. The van der Waals surface area contributed by atoms with Crippen molar-refractivity contribution in [1.82, 2.24) is 4.90 Å². The number of benzene rings is 2. The van der Waals surface area contributed by atoms with E-state index in [1.807, 2.05) is 49.4 Å². The zero-order valence-corrected chi connectivity index (χ0v) is 21.6. The number of anilines is 2. The average molecular weight is 528 g/mol. The highest BCUT2D eigenvalue weighted by molar-refractivity contribution is 8.02. The Bertz CT molecular complexity index is 1160. The normalized spacial score (nSPS) is 28.3. The number of unbranched alkanes of at least 4 members (excludes halogenated alkanes) is 1. The molecule has 5 atom stereocenters. The second-order valence-corrected chi connectivity index (χ2v) is 11.8. The molecule has 3 heterocycles. The molecule has 3 aliphatic rings. The van der Waals surface area contributed by atoms with Gasteiger partial charge >= 0.3 is 0 Å². The second kappa shape index (κ2) is 10.1. The second-order valence-electron chi connectivity index (χ2n) is 9.79. The Hall–Kier alpha value is -2.55. The monoisotopic (exact) mass is 527 g/mol.